The summed E-state index contributed by atoms with van der Waals surface area (Å²) in [5, 5.41) is 10.5. The molecule has 1 aliphatic heterocycles. The van der Waals surface area contributed by atoms with Gasteiger partial charge in [-0.3, -0.25) is 4.79 Å². The van der Waals surface area contributed by atoms with E-state index in [4.69, 9.17) is 14.6 Å². The van der Waals surface area contributed by atoms with Crippen molar-refractivity contribution in [1.29, 1.82) is 0 Å². The first kappa shape index (κ1) is 32.0. The summed E-state index contributed by atoms with van der Waals surface area (Å²) in [6.07, 6.45) is -2.82. The Hall–Kier alpha value is -3.55. The molecule has 1 aromatic heterocycles. The molecule has 1 aliphatic rings. The number of carbonyl (C=O) groups excluding carboxylic acids is 1. The molecule has 0 spiro atoms. The van der Waals surface area contributed by atoms with Crippen molar-refractivity contribution in [2.75, 3.05) is 11.9 Å². The molecule has 4 rings (SSSR count). The number of aryl methyl sites for hydroxylation is 2. The fourth-order valence-electron chi connectivity index (χ4n) is 4.29. The van der Waals surface area contributed by atoms with Gasteiger partial charge in [-0.2, -0.15) is 0 Å². The number of benzene rings is 2. The zero-order chi connectivity index (χ0) is 30.4. The van der Waals surface area contributed by atoms with Crippen molar-refractivity contribution in [3.8, 4) is 0 Å². The first-order valence-corrected chi connectivity index (χ1v) is 13.2. The van der Waals surface area contributed by atoms with E-state index in [1.807, 2.05) is 81.0 Å². The predicted molar refractivity (Wildman–Crippen MR) is 150 cm³/mol. The summed E-state index contributed by atoms with van der Waals surface area (Å²) in [4.78, 5) is 31.3. The number of aromatic nitrogens is 2. The Kier molecular flexibility index (Phi) is 10.5. The zero-order valence-corrected chi connectivity index (χ0v) is 23.8. The number of nitrogens with zero attached hydrogens (tertiary/aromatic N) is 3. The second-order valence-corrected chi connectivity index (χ2v) is 10.8. The van der Waals surface area contributed by atoms with E-state index in [0.717, 1.165) is 34.0 Å². The second-order valence-electron chi connectivity index (χ2n) is 10.8. The van der Waals surface area contributed by atoms with Gasteiger partial charge in [0.2, 0.25) is 0 Å². The van der Waals surface area contributed by atoms with Crippen LogP contribution in [0.4, 0.5) is 29.6 Å². The van der Waals surface area contributed by atoms with Gasteiger partial charge < -0.3 is 14.7 Å². The summed E-state index contributed by atoms with van der Waals surface area (Å²) in [5.41, 5.74) is 2.28. The number of anilines is 2. The molecule has 0 fully saturated rings. The van der Waals surface area contributed by atoms with Gasteiger partial charge in [-0.05, 0) is 20.8 Å². The monoisotopic (exact) mass is 564 g/mol. The normalized spacial score (nSPS) is 13.0. The van der Waals surface area contributed by atoms with Crippen molar-refractivity contribution < 1.29 is 32.6 Å². The topological polar surface area (TPSA) is 105 Å². The van der Waals surface area contributed by atoms with Gasteiger partial charge in [-0.25, -0.2) is 4.79 Å². The van der Waals surface area contributed by atoms with E-state index in [1.165, 1.54) is 0 Å². The SMILES string of the molecule is CC(=O)O.[Li][c]1ccccc1CCc1nc(Nc2ccc3c(c2)CCN(C(=O)OC(C)(C)C)C3)ncc1C(F)(F)F. The standard InChI is InChI=1S/C27H28F3N4O2.C2H4O2.Li/c1-26(2,3)36-25(35)34-14-13-19-15-21(11-10-20(19)17-34)32-24-31-16-22(27(28,29)30)23(33-24)12-9-18-7-5-4-6-8-18;1-2(3)4;/h4-7,10-11,15-16H,9,12-14,17H2,1-3H3,(H,31,32,33);1H3,(H,3,4);. The number of alkyl halides is 3. The molecule has 3 aromatic rings. The third-order valence-electron chi connectivity index (χ3n) is 6.19. The Bertz CT molecular complexity index is 1390. The molecule has 0 aliphatic carbocycles. The van der Waals surface area contributed by atoms with Crippen molar-refractivity contribution in [3.63, 3.8) is 0 Å². The quantitative estimate of drug-likeness (QED) is 0.411. The zero-order valence-electron chi connectivity index (χ0n) is 23.8. The molecule has 214 valence electrons. The molecule has 0 bridgehead atoms. The van der Waals surface area contributed by atoms with E-state index in [-0.39, 0.29) is 24.2 Å². The molecule has 0 saturated carbocycles. The number of ether oxygens (including phenoxy) is 1. The van der Waals surface area contributed by atoms with E-state index in [2.05, 4.69) is 15.3 Å². The molecule has 2 aromatic carbocycles. The van der Waals surface area contributed by atoms with Crippen molar-refractivity contribution in [3.05, 3.63) is 76.6 Å². The Morgan fingerprint density at radius 3 is 2.41 bits per heavy atom. The summed E-state index contributed by atoms with van der Waals surface area (Å²) in [6, 6.07) is 13.3. The summed E-state index contributed by atoms with van der Waals surface area (Å²) in [6.45, 7) is 7.53. The van der Waals surface area contributed by atoms with E-state index in [1.54, 1.807) is 4.90 Å². The minimum atomic E-state index is -4.54. The Morgan fingerprint density at radius 1 is 1.10 bits per heavy atom. The summed E-state index contributed by atoms with van der Waals surface area (Å²) < 4.78 is 47.4. The van der Waals surface area contributed by atoms with E-state index >= 15 is 0 Å². The molecule has 2 heterocycles. The van der Waals surface area contributed by atoms with Crippen LogP contribution in [0.15, 0.2) is 48.7 Å². The third kappa shape index (κ3) is 9.80. The molecule has 0 atom stereocenters. The van der Waals surface area contributed by atoms with Crippen LogP contribution in [-0.4, -0.2) is 61.9 Å². The van der Waals surface area contributed by atoms with Crippen LogP contribution in [0.2, 0.25) is 0 Å². The number of rotatable bonds is 5. The number of halogens is 3. The van der Waals surface area contributed by atoms with Gasteiger partial charge >= 0.3 is 170 Å². The molecular weight excluding hydrogens is 532 g/mol. The first-order chi connectivity index (χ1) is 19.1. The minimum absolute atomic E-state index is 0.0424. The Morgan fingerprint density at radius 2 is 1.78 bits per heavy atom. The number of aliphatic carboxylic acids is 1. The van der Waals surface area contributed by atoms with Gasteiger partial charge in [0.1, 0.15) is 5.60 Å². The molecule has 0 saturated heterocycles. The first-order valence-electron chi connectivity index (χ1n) is 13.2. The van der Waals surface area contributed by atoms with Gasteiger partial charge in [0.05, 0.1) is 0 Å². The average molecular weight is 565 g/mol. The average Bonchev–Trinajstić information content (AvgIpc) is 2.86. The fourth-order valence-corrected chi connectivity index (χ4v) is 4.29. The third-order valence-corrected chi connectivity index (χ3v) is 6.19. The van der Waals surface area contributed by atoms with Crippen LogP contribution >= 0.6 is 0 Å². The summed E-state index contributed by atoms with van der Waals surface area (Å²) in [7, 11) is 0. The van der Waals surface area contributed by atoms with Crippen molar-refractivity contribution >= 4 is 45.6 Å². The molecule has 0 unspecified atom stereocenters. The molecule has 12 heteroatoms. The number of carboxylic acids is 1. The van der Waals surface area contributed by atoms with Crippen molar-refractivity contribution in [1.82, 2.24) is 14.9 Å². The van der Waals surface area contributed by atoms with Crippen LogP contribution in [0.25, 0.3) is 0 Å². The van der Waals surface area contributed by atoms with E-state index < -0.39 is 23.3 Å². The van der Waals surface area contributed by atoms with Crippen LogP contribution in [0.5, 0.6) is 0 Å². The number of carbonyl (C=O) groups is 2. The van der Waals surface area contributed by atoms with Crippen molar-refractivity contribution in [2.24, 2.45) is 0 Å². The van der Waals surface area contributed by atoms with Gasteiger partial charge in [0.25, 0.3) is 5.97 Å². The van der Waals surface area contributed by atoms with Gasteiger partial charge in [0.15, 0.2) is 0 Å². The molecule has 0 radical (unpaired) electrons. The maximum absolute atomic E-state index is 13.6. The van der Waals surface area contributed by atoms with Gasteiger partial charge in [-0.15, -0.1) is 0 Å². The number of amides is 1. The molecule has 2 N–H and O–H groups in total. The van der Waals surface area contributed by atoms with Crippen LogP contribution in [0.1, 0.15) is 55.6 Å². The van der Waals surface area contributed by atoms with Crippen molar-refractivity contribution in [2.45, 2.75) is 65.3 Å². The molecule has 8 nitrogen and oxygen atoms in total. The molecule has 1 amide bonds. The van der Waals surface area contributed by atoms with Crippen LogP contribution in [0, 0.1) is 0 Å². The van der Waals surface area contributed by atoms with E-state index in [9.17, 15) is 18.0 Å². The fraction of sp³-hybridized carbons (Fsp3) is 0.379. The molecular formula is C29H32F3LiN4O4. The van der Waals surface area contributed by atoms with E-state index in [0.29, 0.717) is 31.6 Å². The van der Waals surface area contributed by atoms with Gasteiger partial charge in [-0.1, -0.05) is 0 Å². The van der Waals surface area contributed by atoms with Gasteiger partial charge in [0, 0.05) is 20.0 Å². The molecule has 41 heavy (non-hydrogen) atoms. The Labute approximate surface area is 246 Å². The second kappa shape index (κ2) is 13.4. The number of nitrogens with one attached hydrogen (secondary N) is 1. The number of carboxylic acid groups (broad SMARTS) is 1. The van der Waals surface area contributed by atoms with Crippen LogP contribution in [0.3, 0.4) is 0 Å². The number of hydrogen-bond donors (Lipinski definition) is 2. The maximum atomic E-state index is 13.6. The van der Waals surface area contributed by atoms with Crippen LogP contribution < -0.4 is 9.55 Å². The Balaban J connectivity index is 0.00000108. The van der Waals surface area contributed by atoms with Crippen LogP contribution in [-0.2, 0) is 41.5 Å². The summed E-state index contributed by atoms with van der Waals surface area (Å²) in [5.74, 6) is -0.723. The number of fused-ring (bicyclic) bond motifs is 1. The number of hydrogen-bond acceptors (Lipinski definition) is 6. The predicted octanol–water partition coefficient (Wildman–Crippen LogP) is 5.20. The summed E-state index contributed by atoms with van der Waals surface area (Å²) >= 11 is 1.94.